The number of nitrogens with zero attached hydrogens (tertiary/aromatic N) is 2. The molecule has 1 saturated heterocycles. The van der Waals surface area contributed by atoms with Crippen LogP contribution < -0.4 is 0 Å². The van der Waals surface area contributed by atoms with Crippen molar-refractivity contribution < 1.29 is 9.84 Å². The van der Waals surface area contributed by atoms with E-state index in [1.807, 2.05) is 0 Å². The monoisotopic (exact) mass is 256 g/mol. The molecule has 0 aromatic rings. The highest BCUT2D eigenvalue weighted by atomic mass is 16.5. The minimum Gasteiger partial charge on any atom is -0.389 e. The van der Waals surface area contributed by atoms with Crippen LogP contribution in [0.2, 0.25) is 0 Å². The number of piperazine rings is 1. The van der Waals surface area contributed by atoms with Gasteiger partial charge in [0.15, 0.2) is 0 Å². The summed E-state index contributed by atoms with van der Waals surface area (Å²) < 4.78 is 5.85. The molecule has 0 amide bonds. The van der Waals surface area contributed by atoms with Crippen LogP contribution in [0.5, 0.6) is 0 Å². The Labute approximate surface area is 111 Å². The Balaban J connectivity index is 1.61. The molecule has 106 valence electrons. The van der Waals surface area contributed by atoms with Gasteiger partial charge in [0.1, 0.15) is 0 Å². The molecule has 1 saturated carbocycles. The number of rotatable bonds is 5. The summed E-state index contributed by atoms with van der Waals surface area (Å²) in [6.07, 6.45) is 3.77. The van der Waals surface area contributed by atoms with Crippen molar-refractivity contribution in [1.82, 2.24) is 9.80 Å². The van der Waals surface area contributed by atoms with E-state index in [4.69, 9.17) is 4.74 Å². The summed E-state index contributed by atoms with van der Waals surface area (Å²) in [5, 5.41) is 10.0. The second kappa shape index (κ2) is 6.85. The maximum Gasteiger partial charge on any atom is 0.0900 e. The van der Waals surface area contributed by atoms with E-state index < -0.39 is 0 Å². The first-order valence-corrected chi connectivity index (χ1v) is 7.35. The quantitative estimate of drug-likeness (QED) is 0.789. The lowest BCUT2D eigenvalue weighted by Gasteiger charge is -2.33. The minimum atomic E-state index is -0.332. The largest absolute Gasteiger partial charge is 0.389 e. The summed E-state index contributed by atoms with van der Waals surface area (Å²) in [5.41, 5.74) is 0. The first-order valence-electron chi connectivity index (χ1n) is 7.35. The summed E-state index contributed by atoms with van der Waals surface area (Å²) in [6, 6.07) is 0. The van der Waals surface area contributed by atoms with Gasteiger partial charge in [-0.2, -0.15) is 0 Å². The Bertz CT molecular complexity index is 242. The standard InChI is InChI=1S/C14H28N2O2/c1-12-4-3-5-14(12)18-11-13(17)10-16-8-6-15(2)7-9-16/h12-14,17H,3-11H2,1-2H3. The lowest BCUT2D eigenvalue weighted by Crippen LogP contribution is -2.47. The Morgan fingerprint density at radius 2 is 1.94 bits per heavy atom. The molecule has 0 spiro atoms. The molecule has 18 heavy (non-hydrogen) atoms. The smallest absolute Gasteiger partial charge is 0.0900 e. The van der Waals surface area contributed by atoms with E-state index in [1.165, 1.54) is 19.3 Å². The predicted octanol–water partition coefficient (Wildman–Crippen LogP) is 0.800. The Kier molecular flexibility index (Phi) is 5.42. The van der Waals surface area contributed by atoms with Crippen LogP contribution in [-0.2, 0) is 4.74 Å². The normalized spacial score (nSPS) is 32.8. The molecule has 1 aliphatic heterocycles. The van der Waals surface area contributed by atoms with Crippen LogP contribution in [0.15, 0.2) is 0 Å². The van der Waals surface area contributed by atoms with Crippen molar-refractivity contribution in [2.75, 3.05) is 46.4 Å². The average molecular weight is 256 g/mol. The highest BCUT2D eigenvalue weighted by Crippen LogP contribution is 2.27. The molecule has 3 atom stereocenters. The fourth-order valence-electron chi connectivity index (χ4n) is 2.97. The average Bonchev–Trinajstić information content (AvgIpc) is 2.75. The number of aliphatic hydroxyl groups is 1. The van der Waals surface area contributed by atoms with Crippen molar-refractivity contribution >= 4 is 0 Å². The summed E-state index contributed by atoms with van der Waals surface area (Å²) in [6.45, 7) is 7.85. The van der Waals surface area contributed by atoms with Crippen molar-refractivity contribution in [2.24, 2.45) is 5.92 Å². The molecule has 2 rings (SSSR count). The van der Waals surface area contributed by atoms with Gasteiger partial charge in [0.25, 0.3) is 0 Å². The molecule has 0 aromatic heterocycles. The van der Waals surface area contributed by atoms with Gasteiger partial charge >= 0.3 is 0 Å². The van der Waals surface area contributed by atoms with Crippen molar-refractivity contribution in [3.05, 3.63) is 0 Å². The fourth-order valence-corrected chi connectivity index (χ4v) is 2.97. The van der Waals surface area contributed by atoms with E-state index in [-0.39, 0.29) is 6.10 Å². The molecular weight excluding hydrogens is 228 g/mol. The first kappa shape index (κ1) is 14.3. The topological polar surface area (TPSA) is 35.9 Å². The van der Waals surface area contributed by atoms with Gasteiger partial charge in [0.2, 0.25) is 0 Å². The molecule has 0 aromatic carbocycles. The van der Waals surface area contributed by atoms with Crippen molar-refractivity contribution in [2.45, 2.75) is 38.4 Å². The zero-order chi connectivity index (χ0) is 13.0. The Hall–Kier alpha value is -0.160. The van der Waals surface area contributed by atoms with Crippen molar-refractivity contribution in [1.29, 1.82) is 0 Å². The molecule has 1 aliphatic carbocycles. The number of hydrogen-bond acceptors (Lipinski definition) is 4. The van der Waals surface area contributed by atoms with Gasteiger partial charge < -0.3 is 14.7 Å². The lowest BCUT2D eigenvalue weighted by atomic mass is 10.1. The first-order chi connectivity index (χ1) is 8.65. The van der Waals surface area contributed by atoms with Gasteiger partial charge in [-0.3, -0.25) is 4.90 Å². The third-order valence-electron chi connectivity index (χ3n) is 4.35. The van der Waals surface area contributed by atoms with Crippen LogP contribution in [-0.4, -0.2) is 73.5 Å². The second-order valence-electron chi connectivity index (χ2n) is 6.04. The Morgan fingerprint density at radius 1 is 1.22 bits per heavy atom. The molecule has 1 N–H and O–H groups in total. The van der Waals surface area contributed by atoms with Crippen molar-refractivity contribution in [3.63, 3.8) is 0 Å². The van der Waals surface area contributed by atoms with E-state index in [0.29, 0.717) is 18.6 Å². The highest BCUT2D eigenvalue weighted by Gasteiger charge is 2.25. The third-order valence-corrected chi connectivity index (χ3v) is 4.35. The molecule has 0 bridgehead atoms. The number of hydrogen-bond donors (Lipinski definition) is 1. The molecule has 3 unspecified atom stereocenters. The maximum atomic E-state index is 10.0. The van der Waals surface area contributed by atoms with Crippen LogP contribution in [0.25, 0.3) is 0 Å². The lowest BCUT2D eigenvalue weighted by molar-refractivity contribution is -0.0349. The zero-order valence-electron chi connectivity index (χ0n) is 11.8. The summed E-state index contributed by atoms with van der Waals surface area (Å²) in [5.74, 6) is 0.667. The van der Waals surface area contributed by atoms with E-state index in [9.17, 15) is 5.11 Å². The number of β-amino-alcohol motifs (C(OH)–C–C–N with tert-alkyl or cyclic N) is 1. The van der Waals surface area contributed by atoms with Crippen molar-refractivity contribution in [3.8, 4) is 0 Å². The van der Waals surface area contributed by atoms with E-state index in [0.717, 1.165) is 32.7 Å². The third kappa shape index (κ3) is 4.19. The number of aliphatic hydroxyl groups excluding tert-OH is 1. The SMILES string of the molecule is CC1CCCC1OCC(O)CN1CCN(C)CC1. The van der Waals surface area contributed by atoms with Crippen LogP contribution in [0.3, 0.4) is 0 Å². The maximum absolute atomic E-state index is 10.0. The van der Waals surface area contributed by atoms with Crippen LogP contribution in [0, 0.1) is 5.92 Å². The predicted molar refractivity (Wildman–Crippen MR) is 72.7 cm³/mol. The molecule has 2 fully saturated rings. The molecule has 4 heteroatoms. The van der Waals surface area contributed by atoms with Crippen LogP contribution >= 0.6 is 0 Å². The van der Waals surface area contributed by atoms with Gasteiger partial charge in [-0.05, 0) is 25.8 Å². The van der Waals surface area contributed by atoms with Crippen LogP contribution in [0.4, 0.5) is 0 Å². The fraction of sp³-hybridized carbons (Fsp3) is 1.00. The highest BCUT2D eigenvalue weighted by molar-refractivity contribution is 4.76. The summed E-state index contributed by atoms with van der Waals surface area (Å²) in [7, 11) is 2.15. The number of likely N-dealkylation sites (N-methyl/N-ethyl adjacent to an activating group) is 1. The van der Waals surface area contributed by atoms with Gasteiger partial charge in [-0.15, -0.1) is 0 Å². The van der Waals surface area contributed by atoms with Crippen LogP contribution in [0.1, 0.15) is 26.2 Å². The summed E-state index contributed by atoms with van der Waals surface area (Å²) in [4.78, 5) is 4.67. The van der Waals surface area contributed by atoms with Gasteiger partial charge in [-0.1, -0.05) is 13.3 Å². The Morgan fingerprint density at radius 3 is 2.56 bits per heavy atom. The minimum absolute atomic E-state index is 0.332. The van der Waals surface area contributed by atoms with E-state index >= 15 is 0 Å². The molecule has 2 aliphatic rings. The molecule has 4 nitrogen and oxygen atoms in total. The molecule has 0 radical (unpaired) electrons. The van der Waals surface area contributed by atoms with Gasteiger partial charge in [-0.25, -0.2) is 0 Å². The summed E-state index contributed by atoms with van der Waals surface area (Å²) >= 11 is 0. The zero-order valence-corrected chi connectivity index (χ0v) is 11.8. The molecule has 1 heterocycles. The number of ether oxygens (including phenoxy) is 1. The molecular formula is C14H28N2O2. The second-order valence-corrected chi connectivity index (χ2v) is 6.04. The van der Waals surface area contributed by atoms with E-state index in [1.54, 1.807) is 0 Å². The van der Waals surface area contributed by atoms with Gasteiger partial charge in [0, 0.05) is 32.7 Å². The van der Waals surface area contributed by atoms with Gasteiger partial charge in [0.05, 0.1) is 18.8 Å². The van der Waals surface area contributed by atoms with E-state index in [2.05, 4.69) is 23.8 Å².